The number of rotatable bonds is 2. The Morgan fingerprint density at radius 3 is 2.43 bits per heavy atom. The van der Waals surface area contributed by atoms with Crippen LogP contribution in [0.3, 0.4) is 0 Å². The topological polar surface area (TPSA) is 38.0 Å². The molecule has 2 aromatic rings. The van der Waals surface area contributed by atoms with E-state index in [-0.39, 0.29) is 6.61 Å². The summed E-state index contributed by atoms with van der Waals surface area (Å²) < 4.78 is 1.77. The molecule has 1 aromatic heterocycles. The summed E-state index contributed by atoms with van der Waals surface area (Å²) in [5, 5.41) is 13.2. The largest absolute Gasteiger partial charge is 0.392 e. The lowest BCUT2D eigenvalue weighted by molar-refractivity contribution is 0.282. The molecule has 0 radical (unpaired) electrons. The lowest BCUT2D eigenvalue weighted by Crippen LogP contribution is -1.88. The van der Waals surface area contributed by atoms with Crippen LogP contribution in [0.1, 0.15) is 5.56 Å². The third-order valence-electron chi connectivity index (χ3n) is 2.15. The maximum atomic E-state index is 8.88. The van der Waals surface area contributed by atoms with Crippen LogP contribution >= 0.6 is 0 Å². The van der Waals surface area contributed by atoms with E-state index in [0.717, 1.165) is 16.8 Å². The van der Waals surface area contributed by atoms with Crippen molar-refractivity contribution in [2.75, 3.05) is 0 Å². The lowest BCUT2D eigenvalue weighted by atomic mass is 10.1. The average molecular weight is 188 g/mol. The summed E-state index contributed by atoms with van der Waals surface area (Å²) in [6.07, 6.45) is 1.91. The van der Waals surface area contributed by atoms with Crippen molar-refractivity contribution in [3.8, 4) is 11.3 Å². The Balaban J connectivity index is 2.33. The maximum Gasteiger partial charge on any atom is 0.0923 e. The van der Waals surface area contributed by atoms with Crippen LogP contribution in [0.2, 0.25) is 0 Å². The van der Waals surface area contributed by atoms with Crippen molar-refractivity contribution in [1.82, 2.24) is 9.78 Å². The first-order chi connectivity index (χ1) is 6.79. The Morgan fingerprint density at radius 2 is 1.93 bits per heavy atom. The van der Waals surface area contributed by atoms with E-state index < -0.39 is 0 Å². The molecule has 0 bridgehead atoms. The minimum absolute atomic E-state index is 0.0858. The van der Waals surface area contributed by atoms with E-state index in [4.69, 9.17) is 5.11 Å². The zero-order chi connectivity index (χ0) is 9.97. The summed E-state index contributed by atoms with van der Waals surface area (Å²) in [5.41, 5.74) is 2.95. The fourth-order valence-corrected chi connectivity index (χ4v) is 1.35. The Hall–Kier alpha value is -1.61. The predicted molar refractivity (Wildman–Crippen MR) is 54.6 cm³/mol. The summed E-state index contributed by atoms with van der Waals surface area (Å²) in [4.78, 5) is 0. The molecule has 0 saturated heterocycles. The average Bonchev–Trinajstić information content (AvgIpc) is 2.65. The number of hydrogen-bond acceptors (Lipinski definition) is 2. The molecule has 0 aliphatic heterocycles. The summed E-state index contributed by atoms with van der Waals surface area (Å²) in [6.45, 7) is 0.0858. The molecule has 72 valence electrons. The molecule has 3 heteroatoms. The normalized spacial score (nSPS) is 10.4. The van der Waals surface area contributed by atoms with Crippen LogP contribution < -0.4 is 0 Å². The van der Waals surface area contributed by atoms with E-state index in [9.17, 15) is 0 Å². The molecule has 0 amide bonds. The highest BCUT2D eigenvalue weighted by Gasteiger charge is 2.00. The SMILES string of the molecule is Cn1ccc(-c2ccc(CO)cc2)n1. The molecule has 1 aromatic carbocycles. The van der Waals surface area contributed by atoms with Gasteiger partial charge in [0.05, 0.1) is 12.3 Å². The van der Waals surface area contributed by atoms with E-state index in [0.29, 0.717) is 0 Å². The van der Waals surface area contributed by atoms with Gasteiger partial charge in [0.25, 0.3) is 0 Å². The van der Waals surface area contributed by atoms with E-state index in [1.165, 1.54) is 0 Å². The van der Waals surface area contributed by atoms with E-state index in [1.807, 2.05) is 43.6 Å². The van der Waals surface area contributed by atoms with Crippen molar-refractivity contribution >= 4 is 0 Å². The second-order valence-electron chi connectivity index (χ2n) is 3.23. The van der Waals surface area contributed by atoms with Crippen LogP contribution in [0, 0.1) is 0 Å². The Kier molecular flexibility index (Phi) is 2.33. The van der Waals surface area contributed by atoms with E-state index in [1.54, 1.807) is 4.68 Å². The molecule has 0 aliphatic carbocycles. The van der Waals surface area contributed by atoms with Crippen LogP contribution in [-0.4, -0.2) is 14.9 Å². The first-order valence-electron chi connectivity index (χ1n) is 4.49. The number of nitrogens with zero attached hydrogens (tertiary/aromatic N) is 2. The highest BCUT2D eigenvalue weighted by molar-refractivity contribution is 5.58. The molecule has 3 nitrogen and oxygen atoms in total. The van der Waals surface area contributed by atoms with Gasteiger partial charge in [-0.2, -0.15) is 5.10 Å². The zero-order valence-corrected chi connectivity index (χ0v) is 8.01. The van der Waals surface area contributed by atoms with Gasteiger partial charge in [0, 0.05) is 18.8 Å². The molecule has 14 heavy (non-hydrogen) atoms. The van der Waals surface area contributed by atoms with Crippen LogP contribution in [0.5, 0.6) is 0 Å². The molecule has 1 heterocycles. The van der Waals surface area contributed by atoms with Gasteiger partial charge in [-0.15, -0.1) is 0 Å². The second kappa shape index (κ2) is 3.64. The lowest BCUT2D eigenvalue weighted by Gasteiger charge is -1.98. The van der Waals surface area contributed by atoms with Crippen LogP contribution in [0.4, 0.5) is 0 Å². The van der Waals surface area contributed by atoms with Crippen LogP contribution in [-0.2, 0) is 13.7 Å². The third-order valence-corrected chi connectivity index (χ3v) is 2.15. The molecule has 0 aliphatic rings. The quantitative estimate of drug-likeness (QED) is 0.777. The van der Waals surface area contributed by atoms with Gasteiger partial charge >= 0.3 is 0 Å². The fourth-order valence-electron chi connectivity index (χ4n) is 1.35. The molecule has 0 spiro atoms. The molecular formula is C11H12N2O. The number of aromatic nitrogens is 2. The van der Waals surface area contributed by atoms with Crippen LogP contribution in [0.15, 0.2) is 36.5 Å². The molecule has 2 rings (SSSR count). The van der Waals surface area contributed by atoms with Crippen molar-refractivity contribution in [1.29, 1.82) is 0 Å². The first kappa shape index (κ1) is 8.97. The fraction of sp³-hybridized carbons (Fsp3) is 0.182. The Bertz CT molecular complexity index is 417. The number of aliphatic hydroxyl groups excluding tert-OH is 1. The minimum atomic E-state index is 0.0858. The minimum Gasteiger partial charge on any atom is -0.392 e. The summed E-state index contributed by atoms with van der Waals surface area (Å²) in [7, 11) is 1.89. The van der Waals surface area contributed by atoms with Crippen molar-refractivity contribution in [2.24, 2.45) is 7.05 Å². The Morgan fingerprint density at radius 1 is 1.21 bits per heavy atom. The van der Waals surface area contributed by atoms with Gasteiger partial charge in [-0.05, 0) is 11.6 Å². The smallest absolute Gasteiger partial charge is 0.0923 e. The van der Waals surface area contributed by atoms with Gasteiger partial charge in [0.2, 0.25) is 0 Å². The molecule has 0 unspecified atom stereocenters. The second-order valence-corrected chi connectivity index (χ2v) is 3.23. The number of hydrogen-bond donors (Lipinski definition) is 1. The van der Waals surface area contributed by atoms with Gasteiger partial charge in [-0.1, -0.05) is 24.3 Å². The monoisotopic (exact) mass is 188 g/mol. The van der Waals surface area contributed by atoms with Gasteiger partial charge in [0.15, 0.2) is 0 Å². The molecule has 0 saturated carbocycles. The van der Waals surface area contributed by atoms with Gasteiger partial charge in [-0.3, -0.25) is 4.68 Å². The van der Waals surface area contributed by atoms with Gasteiger partial charge in [-0.25, -0.2) is 0 Å². The highest BCUT2D eigenvalue weighted by Crippen LogP contribution is 2.16. The highest BCUT2D eigenvalue weighted by atomic mass is 16.3. The number of aliphatic hydroxyl groups is 1. The number of aryl methyl sites for hydroxylation is 1. The predicted octanol–water partition coefficient (Wildman–Crippen LogP) is 1.58. The van der Waals surface area contributed by atoms with Crippen molar-refractivity contribution in [3.05, 3.63) is 42.1 Å². The van der Waals surface area contributed by atoms with E-state index in [2.05, 4.69) is 5.10 Å². The van der Waals surface area contributed by atoms with Crippen molar-refractivity contribution in [2.45, 2.75) is 6.61 Å². The van der Waals surface area contributed by atoms with Gasteiger partial charge < -0.3 is 5.11 Å². The van der Waals surface area contributed by atoms with Gasteiger partial charge in [0.1, 0.15) is 0 Å². The zero-order valence-electron chi connectivity index (χ0n) is 8.01. The number of benzene rings is 1. The van der Waals surface area contributed by atoms with Crippen molar-refractivity contribution in [3.63, 3.8) is 0 Å². The van der Waals surface area contributed by atoms with Crippen LogP contribution in [0.25, 0.3) is 11.3 Å². The molecule has 1 N–H and O–H groups in total. The standard InChI is InChI=1S/C11H12N2O/c1-13-7-6-11(12-13)10-4-2-9(8-14)3-5-10/h2-7,14H,8H2,1H3. The first-order valence-corrected chi connectivity index (χ1v) is 4.49. The molecule has 0 atom stereocenters. The summed E-state index contributed by atoms with van der Waals surface area (Å²) in [5.74, 6) is 0. The van der Waals surface area contributed by atoms with Crippen molar-refractivity contribution < 1.29 is 5.11 Å². The van der Waals surface area contributed by atoms with E-state index >= 15 is 0 Å². The Labute approximate surface area is 82.6 Å². The summed E-state index contributed by atoms with van der Waals surface area (Å²) in [6, 6.07) is 9.71. The summed E-state index contributed by atoms with van der Waals surface area (Å²) >= 11 is 0. The molecule has 0 fully saturated rings. The molecular weight excluding hydrogens is 176 g/mol. The maximum absolute atomic E-state index is 8.88. The third kappa shape index (κ3) is 1.67.